The number of aromatic nitrogens is 1. The van der Waals surface area contributed by atoms with Gasteiger partial charge in [-0.05, 0) is 12.0 Å². The van der Waals surface area contributed by atoms with Gasteiger partial charge in [-0.25, -0.2) is 0 Å². The smallest absolute Gasteiger partial charge is 0.236 e. The minimum absolute atomic E-state index is 0.175. The van der Waals surface area contributed by atoms with Crippen molar-refractivity contribution in [2.24, 2.45) is 0 Å². The molecule has 0 amide bonds. The van der Waals surface area contributed by atoms with Gasteiger partial charge in [0.15, 0.2) is 0 Å². The SMILES string of the molecule is C=Cn1cc(C#CC(=O)c2ccccc2)c2ccccc21. The largest absolute Gasteiger partial charge is 0.323 e. The zero-order chi connectivity index (χ0) is 14.7. The minimum Gasteiger partial charge on any atom is -0.323 e. The summed E-state index contributed by atoms with van der Waals surface area (Å²) >= 11 is 0. The standard InChI is InChI=1S/C19H13NO/c1-2-20-14-16(17-10-6-7-11-18(17)20)12-13-19(21)15-8-4-3-5-9-15/h2-11,14H,1H2. The van der Waals surface area contributed by atoms with E-state index >= 15 is 0 Å². The summed E-state index contributed by atoms with van der Waals surface area (Å²) < 4.78 is 1.91. The van der Waals surface area contributed by atoms with Crippen LogP contribution >= 0.6 is 0 Å². The van der Waals surface area contributed by atoms with Crippen LogP contribution < -0.4 is 0 Å². The van der Waals surface area contributed by atoms with Gasteiger partial charge in [-0.2, -0.15) is 0 Å². The van der Waals surface area contributed by atoms with Gasteiger partial charge in [0.1, 0.15) is 0 Å². The summed E-state index contributed by atoms with van der Waals surface area (Å²) in [6.07, 6.45) is 3.62. The highest BCUT2D eigenvalue weighted by Crippen LogP contribution is 2.20. The lowest BCUT2D eigenvalue weighted by Crippen LogP contribution is -1.93. The highest BCUT2D eigenvalue weighted by atomic mass is 16.1. The Morgan fingerprint density at radius 3 is 2.52 bits per heavy atom. The van der Waals surface area contributed by atoms with E-state index in [4.69, 9.17) is 0 Å². The number of hydrogen-bond acceptors (Lipinski definition) is 1. The second-order valence-electron chi connectivity index (χ2n) is 4.59. The highest BCUT2D eigenvalue weighted by Gasteiger charge is 2.05. The molecule has 3 aromatic rings. The van der Waals surface area contributed by atoms with Crippen molar-refractivity contribution in [3.05, 3.63) is 78.5 Å². The lowest BCUT2D eigenvalue weighted by atomic mass is 10.1. The number of fused-ring (bicyclic) bond motifs is 1. The van der Waals surface area contributed by atoms with Gasteiger partial charge < -0.3 is 4.57 Å². The Morgan fingerprint density at radius 2 is 1.76 bits per heavy atom. The van der Waals surface area contributed by atoms with Crippen molar-refractivity contribution >= 4 is 22.9 Å². The summed E-state index contributed by atoms with van der Waals surface area (Å²) in [6, 6.07) is 17.0. The van der Waals surface area contributed by atoms with Crippen molar-refractivity contribution < 1.29 is 4.79 Å². The molecule has 21 heavy (non-hydrogen) atoms. The molecule has 2 aromatic carbocycles. The number of benzene rings is 2. The summed E-state index contributed by atoms with van der Waals surface area (Å²) in [5, 5.41) is 1.02. The van der Waals surface area contributed by atoms with Crippen LogP contribution in [0.4, 0.5) is 0 Å². The predicted octanol–water partition coefficient (Wildman–Crippen LogP) is 3.98. The number of hydrogen-bond donors (Lipinski definition) is 0. The second kappa shape index (κ2) is 5.52. The highest BCUT2D eigenvalue weighted by molar-refractivity contribution is 6.09. The predicted molar refractivity (Wildman–Crippen MR) is 86.0 cm³/mol. The Bertz CT molecular complexity index is 876. The molecule has 2 heteroatoms. The molecular formula is C19H13NO. The third-order valence-electron chi connectivity index (χ3n) is 3.28. The Kier molecular flexibility index (Phi) is 3.41. The van der Waals surface area contributed by atoms with Gasteiger partial charge in [0.05, 0.1) is 11.1 Å². The van der Waals surface area contributed by atoms with Gasteiger partial charge in [-0.15, -0.1) is 0 Å². The molecule has 0 unspecified atom stereocenters. The Labute approximate surface area is 123 Å². The van der Waals surface area contributed by atoms with Gasteiger partial charge in [-0.3, -0.25) is 4.79 Å². The molecule has 0 aliphatic carbocycles. The molecule has 3 rings (SSSR count). The van der Waals surface area contributed by atoms with E-state index < -0.39 is 0 Å². The van der Waals surface area contributed by atoms with E-state index in [1.54, 1.807) is 18.3 Å². The number of ketones is 1. The zero-order valence-electron chi connectivity index (χ0n) is 11.4. The molecule has 0 aliphatic rings. The fourth-order valence-corrected chi connectivity index (χ4v) is 2.24. The van der Waals surface area contributed by atoms with E-state index in [0.717, 1.165) is 16.5 Å². The van der Waals surface area contributed by atoms with Crippen molar-refractivity contribution in [1.29, 1.82) is 0 Å². The van der Waals surface area contributed by atoms with Crippen LogP contribution in [-0.2, 0) is 0 Å². The summed E-state index contributed by atoms with van der Waals surface area (Å²) in [7, 11) is 0. The van der Waals surface area contributed by atoms with Crippen molar-refractivity contribution in [1.82, 2.24) is 4.57 Å². The van der Waals surface area contributed by atoms with Crippen LogP contribution in [-0.4, -0.2) is 10.4 Å². The van der Waals surface area contributed by atoms with Crippen LogP contribution in [0.25, 0.3) is 17.1 Å². The molecule has 1 heterocycles. The first-order valence-electron chi connectivity index (χ1n) is 6.63. The monoisotopic (exact) mass is 271 g/mol. The lowest BCUT2D eigenvalue weighted by Gasteiger charge is -1.93. The van der Waals surface area contributed by atoms with E-state index in [2.05, 4.69) is 18.4 Å². The molecule has 2 nitrogen and oxygen atoms in total. The van der Waals surface area contributed by atoms with Crippen LogP contribution in [0, 0.1) is 11.8 Å². The quantitative estimate of drug-likeness (QED) is 0.510. The first kappa shape index (κ1) is 13.0. The molecular weight excluding hydrogens is 258 g/mol. The minimum atomic E-state index is -0.175. The van der Waals surface area contributed by atoms with Gasteiger partial charge in [0, 0.05) is 23.3 Å². The van der Waals surface area contributed by atoms with Crippen LogP contribution in [0.5, 0.6) is 0 Å². The van der Waals surface area contributed by atoms with Crippen LogP contribution in [0.2, 0.25) is 0 Å². The molecule has 100 valence electrons. The number of Topliss-reactive ketones (excluding diaryl/α,β-unsaturated/α-hetero) is 1. The van der Waals surface area contributed by atoms with Crippen LogP contribution in [0.15, 0.2) is 67.4 Å². The molecule has 1 aromatic heterocycles. The molecule has 0 saturated heterocycles. The van der Waals surface area contributed by atoms with Crippen LogP contribution in [0.1, 0.15) is 15.9 Å². The summed E-state index contributed by atoms with van der Waals surface area (Å²) in [6.45, 7) is 3.79. The van der Waals surface area contributed by atoms with Crippen molar-refractivity contribution in [2.75, 3.05) is 0 Å². The number of rotatable bonds is 2. The Hall–Kier alpha value is -3.05. The molecule has 0 aliphatic heterocycles. The van der Waals surface area contributed by atoms with Crippen molar-refractivity contribution in [3.8, 4) is 11.8 Å². The maximum atomic E-state index is 12.0. The number of carbonyl (C=O) groups excluding carboxylic acids is 1. The first-order chi connectivity index (χ1) is 10.3. The maximum Gasteiger partial charge on any atom is 0.236 e. The van der Waals surface area contributed by atoms with Gasteiger partial charge in [-0.1, -0.05) is 61.0 Å². The normalized spacial score (nSPS) is 9.90. The molecule has 0 N–H and O–H groups in total. The number of para-hydroxylation sites is 1. The average molecular weight is 271 g/mol. The van der Waals surface area contributed by atoms with Crippen molar-refractivity contribution in [3.63, 3.8) is 0 Å². The van der Waals surface area contributed by atoms with E-state index in [9.17, 15) is 4.79 Å². The number of carbonyl (C=O) groups is 1. The van der Waals surface area contributed by atoms with E-state index in [1.165, 1.54) is 0 Å². The molecule has 0 saturated carbocycles. The van der Waals surface area contributed by atoms with E-state index in [0.29, 0.717) is 5.56 Å². The third-order valence-corrected chi connectivity index (χ3v) is 3.28. The average Bonchev–Trinajstić information content (AvgIpc) is 2.91. The number of nitrogens with zero attached hydrogens (tertiary/aromatic N) is 1. The molecule has 0 radical (unpaired) electrons. The third kappa shape index (κ3) is 2.50. The molecule has 0 fully saturated rings. The van der Waals surface area contributed by atoms with Crippen molar-refractivity contribution in [2.45, 2.75) is 0 Å². The summed E-state index contributed by atoms with van der Waals surface area (Å²) in [5.74, 6) is 5.51. The van der Waals surface area contributed by atoms with Gasteiger partial charge in [0.2, 0.25) is 5.78 Å². The fraction of sp³-hybridized carbons (Fsp3) is 0. The van der Waals surface area contributed by atoms with Crippen LogP contribution in [0.3, 0.4) is 0 Å². The Balaban J connectivity index is 2.02. The topological polar surface area (TPSA) is 22.0 Å². The molecule has 0 atom stereocenters. The van der Waals surface area contributed by atoms with Gasteiger partial charge in [0.25, 0.3) is 0 Å². The summed E-state index contributed by atoms with van der Waals surface area (Å²) in [5.41, 5.74) is 2.47. The Morgan fingerprint density at radius 1 is 1.05 bits per heavy atom. The van der Waals surface area contributed by atoms with E-state index in [1.807, 2.05) is 53.2 Å². The maximum absolute atomic E-state index is 12.0. The summed E-state index contributed by atoms with van der Waals surface area (Å²) in [4.78, 5) is 12.0. The first-order valence-corrected chi connectivity index (χ1v) is 6.63. The molecule has 0 bridgehead atoms. The van der Waals surface area contributed by atoms with Gasteiger partial charge >= 0.3 is 0 Å². The fourth-order valence-electron chi connectivity index (χ4n) is 2.24. The second-order valence-corrected chi connectivity index (χ2v) is 4.59. The zero-order valence-corrected chi connectivity index (χ0v) is 11.4. The van der Waals surface area contributed by atoms with E-state index in [-0.39, 0.29) is 5.78 Å². The lowest BCUT2D eigenvalue weighted by molar-refractivity contribution is 0.105. The molecule has 0 spiro atoms.